The molecule has 2 rings (SSSR count). The van der Waals surface area contributed by atoms with E-state index in [9.17, 15) is 29.5 Å². The number of rotatable bonds is 8. The van der Waals surface area contributed by atoms with Crippen molar-refractivity contribution < 1.29 is 211 Å². The third-order valence-corrected chi connectivity index (χ3v) is 4.04. The summed E-state index contributed by atoms with van der Waals surface area (Å²) in [5.41, 5.74) is 2.75. The van der Waals surface area contributed by atoms with Crippen molar-refractivity contribution in [3.05, 3.63) is 30.2 Å². The predicted octanol–water partition coefficient (Wildman–Crippen LogP) is -11.2. The van der Waals surface area contributed by atoms with Crippen LogP contribution in [0.5, 0.6) is 0 Å². The first-order chi connectivity index (χ1) is 18.9. The molecule has 1 unspecified atom stereocenters. The van der Waals surface area contributed by atoms with E-state index in [4.69, 9.17) is 45.4 Å². The van der Waals surface area contributed by atoms with E-state index in [0.29, 0.717) is 12.9 Å². The first-order valence-corrected chi connectivity index (χ1v) is 18.4. The Kier molecular flexibility index (Phi) is 267. The number of allylic oxidation sites excluding steroid dienone is 4. The van der Waals surface area contributed by atoms with Crippen molar-refractivity contribution in [2.45, 2.75) is 14.4 Å². The van der Waals surface area contributed by atoms with E-state index in [2.05, 4.69) is 66.7 Å². The van der Waals surface area contributed by atoms with Crippen LogP contribution in [0.25, 0.3) is 0 Å². The van der Waals surface area contributed by atoms with Gasteiger partial charge in [0.15, 0.2) is 0 Å². The molecule has 0 amide bonds. The molecule has 0 radical (unpaired) electrons. The van der Waals surface area contributed by atoms with Gasteiger partial charge in [0.05, 0.1) is 11.0 Å². The number of hydrogen-bond donors (Lipinski definition) is 7. The molecule has 29 N–H and O–H groups in total. The van der Waals surface area contributed by atoms with Crippen molar-refractivity contribution in [3.8, 4) is 24.1 Å². The predicted molar refractivity (Wildman–Crippen MR) is 184 cm³/mol. The minimum atomic E-state index is -5.23. The van der Waals surface area contributed by atoms with E-state index in [1.165, 1.54) is 23.4 Å². The second-order valence-corrected chi connectivity index (χ2v) is 15.0. The molecule has 2 aliphatic rings. The van der Waals surface area contributed by atoms with Crippen molar-refractivity contribution in [2.24, 2.45) is 0 Å². The molecule has 352 valence electrons. The van der Waals surface area contributed by atoms with Gasteiger partial charge < -0.3 is 99.9 Å². The van der Waals surface area contributed by atoms with E-state index in [1.807, 2.05) is 0 Å². The smallest absolute Gasteiger partial charge is 0.870 e. The Morgan fingerprint density at radius 1 is 0.729 bits per heavy atom. The fraction of sp³-hybridized carbons (Fsp3) is 0.154. The minimum absolute atomic E-state index is 0. The van der Waals surface area contributed by atoms with Crippen LogP contribution in [0.4, 0.5) is 0 Å². The van der Waals surface area contributed by atoms with E-state index >= 15 is 0 Å². The standard InChI is InChI=1S/C4H.C4H5.C2H2O4.2CHO2.CH4.2Ba.2Ca.2Cr.HO12S3.H2O4S.12H2O/c1-3-2-4(1)3;1-3-4-2;3-5-1-2-6-4;2*2-1-3;;;;;;;;1-8-14(4,5)11-12-15(6,7)10-9-13(2)3;1-4-5(2)3;;;;;;;;;;;;/h1H;1H2,2H3;3-4H;2*(H,2,3);1H4;;;;;;;1H;1H,(H,2,3);12*1H2/q2*-1;;2*-1;;;3*+2;;;-1;;;;;;;;;;;;;/p-2. The average molecular weight is 1360 g/mol. The van der Waals surface area contributed by atoms with Crippen LogP contribution in [0.1, 0.15) is 14.4 Å². The third kappa shape index (κ3) is 184. The van der Waals surface area contributed by atoms with Gasteiger partial charge in [0, 0.05) is 34.7 Å². The van der Waals surface area contributed by atoms with E-state index in [0.717, 1.165) is 0 Å². The largest absolute Gasteiger partial charge is 2.00 e. The summed E-state index contributed by atoms with van der Waals surface area (Å²) < 4.78 is 92.4. The van der Waals surface area contributed by atoms with Crippen LogP contribution in [0, 0.1) is 37.1 Å². The zero-order valence-electron chi connectivity index (χ0n) is 28.0. The zero-order valence-corrected chi connectivity index (χ0v) is 47.1. The average Bonchev–Trinajstić information content (AvgIpc) is 3.81. The molecule has 2 aliphatic carbocycles. The van der Waals surface area contributed by atoms with Crippen molar-refractivity contribution >= 4 is 215 Å². The van der Waals surface area contributed by atoms with E-state index < -0.39 is 77.7 Å². The van der Waals surface area contributed by atoms with Crippen molar-refractivity contribution in [1.82, 2.24) is 0 Å². The van der Waals surface area contributed by atoms with Gasteiger partial charge in [0.2, 0.25) is 12.2 Å². The zero-order chi connectivity index (χ0) is 33.5. The maximum atomic E-state index is 10.3. The SMILES string of the molecule is C.O.O.O.O.O.O.O.O.O.O.O=[C-]O.O=[C-]O.O=[S-](=O)OOS(=O)(=O)OOS(=O)(=O)OO.O=[S](O)(=[Ba])OO.OOC#COO.[Ba+2].[C-]1=C2C=C12.[CH2-]C#CC.[Ca+2].[Ca+2].[Cr].[Cr].[OH-].[OH-]. The molecule has 36 nitrogen and oxygen atoms in total. The molecular weight excluding hydrogens is 1320 g/mol. The summed E-state index contributed by atoms with van der Waals surface area (Å²) in [6.45, 7) is 6.00. The van der Waals surface area contributed by atoms with Crippen LogP contribution < -0.4 is 0 Å². The Bertz CT molecular complexity index is 1290. The molecule has 0 heterocycles. The molecule has 1 atom stereocenters. The van der Waals surface area contributed by atoms with Crippen molar-refractivity contribution in [3.63, 3.8) is 0 Å². The molecule has 0 aromatic heterocycles. The van der Waals surface area contributed by atoms with Gasteiger partial charge in [-0.25, -0.2) is 5.26 Å². The number of aliphatic hydroxyl groups excluding tert-OH is 2. The molecule has 46 heteroatoms. The normalized spacial score (nSPS) is 8.29. The van der Waals surface area contributed by atoms with E-state index in [1.54, 1.807) is 6.92 Å². The van der Waals surface area contributed by atoms with Crippen LogP contribution >= 0.6 is 0 Å². The van der Waals surface area contributed by atoms with Crippen LogP contribution in [0.15, 0.2) is 17.2 Å². The Labute approximate surface area is 485 Å². The third-order valence-electron chi connectivity index (χ3n) is 1.58. The molecule has 0 spiro atoms. The summed E-state index contributed by atoms with van der Waals surface area (Å²) in [4.78, 5) is 22.7. The molecule has 0 saturated carbocycles. The Morgan fingerprint density at radius 2 is 0.932 bits per heavy atom. The molecule has 0 fully saturated rings. The fourth-order valence-electron chi connectivity index (χ4n) is 0.402. The Balaban J connectivity index is -0.0000000124. The molecule has 0 aliphatic heterocycles. The Hall–Kier alpha value is 2.82. The summed E-state index contributed by atoms with van der Waals surface area (Å²) >= 11 is -0.426. The maximum Gasteiger partial charge on any atom is 2.00 e. The van der Waals surface area contributed by atoms with Gasteiger partial charge in [0.25, 0.3) is 0 Å². The van der Waals surface area contributed by atoms with Gasteiger partial charge >= 0.3 is 209 Å². The summed E-state index contributed by atoms with van der Waals surface area (Å²) in [6.07, 6.45) is 8.15. The quantitative estimate of drug-likeness (QED) is 0.0296. The molecule has 0 aromatic rings. The van der Waals surface area contributed by atoms with Crippen molar-refractivity contribution in [2.75, 3.05) is 0 Å². The molecule has 0 bridgehead atoms. The summed E-state index contributed by atoms with van der Waals surface area (Å²) in [5, 5.41) is 43.2. The fourth-order valence-corrected chi connectivity index (χ4v) is 1.45. The first kappa shape index (κ1) is 152. The van der Waals surface area contributed by atoms with Crippen LogP contribution in [-0.4, -0.2) is 304 Å². The Morgan fingerprint density at radius 3 is 1.05 bits per heavy atom. The van der Waals surface area contributed by atoms with Crippen LogP contribution in [0.2, 0.25) is 0 Å². The van der Waals surface area contributed by atoms with Gasteiger partial charge in [0.1, 0.15) is 0 Å². The minimum Gasteiger partial charge on any atom is -0.870 e. The number of fused-ring (bicyclic) bond motifs is 1. The maximum absolute atomic E-state index is 10.3. The summed E-state index contributed by atoms with van der Waals surface area (Å²) in [6, 6.07) is 0. The first-order valence-electron chi connectivity index (χ1n) is 7.65. The van der Waals surface area contributed by atoms with Gasteiger partial charge in [-0.2, -0.15) is 57.6 Å². The topological polar surface area (TPSA) is 744 Å². The van der Waals surface area contributed by atoms with Gasteiger partial charge in [-0.3, -0.25) is 20.0 Å². The van der Waals surface area contributed by atoms with Crippen LogP contribution in [0.3, 0.4) is 0 Å². The van der Waals surface area contributed by atoms with Gasteiger partial charge in [-0.1, -0.05) is 44.6 Å². The van der Waals surface area contributed by atoms with E-state index in [-0.39, 0.29) is 232 Å². The van der Waals surface area contributed by atoms with Crippen LogP contribution in [-0.2, 0) is 123 Å². The molecule has 59 heavy (non-hydrogen) atoms. The van der Waals surface area contributed by atoms with Crippen molar-refractivity contribution in [1.29, 1.82) is 0 Å². The second-order valence-electron chi connectivity index (χ2n) is 4.12. The van der Waals surface area contributed by atoms with Gasteiger partial charge in [-0.05, 0) is 0 Å². The van der Waals surface area contributed by atoms with Gasteiger partial charge in [-0.15, -0.1) is 0 Å². The summed E-state index contributed by atoms with van der Waals surface area (Å²) in [5.74, 6) is 5.00. The monoisotopic (exact) mass is 1360 g/mol. The molecular formula is C13H39Ba2Ca2Cr2O36S4-. The summed E-state index contributed by atoms with van der Waals surface area (Å²) in [7, 11) is -13.7. The second kappa shape index (κ2) is 104. The number of hydrogen-bond acceptors (Lipinski definition) is 24. The molecule has 0 saturated heterocycles. The molecule has 0 aromatic carbocycles.